The molecule has 3 N–H and O–H groups in total. The highest BCUT2D eigenvalue weighted by molar-refractivity contribution is 5.86. The first-order valence-electron chi connectivity index (χ1n) is 5.46. The summed E-state index contributed by atoms with van der Waals surface area (Å²) in [6, 6.07) is 0. The summed E-state index contributed by atoms with van der Waals surface area (Å²) in [4.78, 5) is 26.4. The van der Waals surface area contributed by atoms with Gasteiger partial charge in [-0.1, -0.05) is 6.92 Å². The Kier molecular flexibility index (Phi) is 3.49. The van der Waals surface area contributed by atoms with Gasteiger partial charge in [-0.2, -0.15) is 0 Å². The van der Waals surface area contributed by atoms with E-state index < -0.39 is 0 Å². The summed E-state index contributed by atoms with van der Waals surface area (Å²) >= 11 is 0. The zero-order valence-electron chi connectivity index (χ0n) is 9.53. The van der Waals surface area contributed by atoms with E-state index in [0.717, 1.165) is 6.42 Å². The molecule has 90 valence electrons. The van der Waals surface area contributed by atoms with Crippen LogP contribution in [0.5, 0.6) is 0 Å². The lowest BCUT2D eigenvalue weighted by Gasteiger charge is -2.06. The third-order valence-electron chi connectivity index (χ3n) is 2.21. The number of anilines is 1. The third kappa shape index (κ3) is 2.68. The number of aromatic amines is 1. The molecule has 2 heterocycles. The summed E-state index contributed by atoms with van der Waals surface area (Å²) in [6.07, 6.45) is 3.88. The van der Waals surface area contributed by atoms with Crippen molar-refractivity contribution in [3.8, 4) is 0 Å². The first-order valence-corrected chi connectivity index (χ1v) is 5.46. The topological polar surface area (TPSA) is 95.6 Å². The summed E-state index contributed by atoms with van der Waals surface area (Å²) in [5, 5.41) is 5.72. The van der Waals surface area contributed by atoms with Crippen molar-refractivity contribution in [2.75, 3.05) is 18.4 Å². The molecule has 17 heavy (non-hydrogen) atoms. The standard InChI is InChI=1S/C10H14N6O/c1-2-3-11-7(17)4-12-9-8-10(14-5-13-8)16-6-15-9/h5-6H,2-4H2,1H3,(H,11,17)(H2,12,13,14,15,16). The van der Waals surface area contributed by atoms with Crippen LogP contribution in [0.4, 0.5) is 5.82 Å². The maximum Gasteiger partial charge on any atom is 0.239 e. The number of amides is 1. The van der Waals surface area contributed by atoms with Crippen molar-refractivity contribution >= 4 is 22.9 Å². The second-order valence-corrected chi connectivity index (χ2v) is 3.53. The molecule has 0 unspecified atom stereocenters. The van der Waals surface area contributed by atoms with Crippen LogP contribution in [-0.2, 0) is 4.79 Å². The molecule has 7 heteroatoms. The van der Waals surface area contributed by atoms with Crippen LogP contribution in [0.2, 0.25) is 0 Å². The van der Waals surface area contributed by atoms with Crippen molar-refractivity contribution in [3.05, 3.63) is 12.7 Å². The van der Waals surface area contributed by atoms with Crippen molar-refractivity contribution < 1.29 is 4.79 Å². The predicted octanol–water partition coefficient (Wildman–Crippen LogP) is 0.291. The van der Waals surface area contributed by atoms with Gasteiger partial charge in [-0.25, -0.2) is 15.0 Å². The number of hydrogen-bond donors (Lipinski definition) is 3. The van der Waals surface area contributed by atoms with Crippen molar-refractivity contribution in [3.63, 3.8) is 0 Å². The van der Waals surface area contributed by atoms with Gasteiger partial charge in [0.15, 0.2) is 11.5 Å². The number of fused-ring (bicyclic) bond motifs is 1. The number of rotatable bonds is 5. The van der Waals surface area contributed by atoms with Gasteiger partial charge in [-0.15, -0.1) is 0 Å². The number of carbonyl (C=O) groups is 1. The van der Waals surface area contributed by atoms with Gasteiger partial charge < -0.3 is 15.6 Å². The molecule has 0 atom stereocenters. The number of H-pyrrole nitrogens is 1. The maximum atomic E-state index is 11.4. The second kappa shape index (κ2) is 5.24. The van der Waals surface area contributed by atoms with Gasteiger partial charge in [0.25, 0.3) is 0 Å². The Labute approximate surface area is 98.1 Å². The molecule has 0 saturated carbocycles. The molecule has 0 spiro atoms. The van der Waals surface area contributed by atoms with Gasteiger partial charge in [-0.3, -0.25) is 4.79 Å². The minimum Gasteiger partial charge on any atom is -0.359 e. The zero-order chi connectivity index (χ0) is 12.1. The van der Waals surface area contributed by atoms with Gasteiger partial charge in [0.2, 0.25) is 5.91 Å². The number of aromatic nitrogens is 4. The first-order chi connectivity index (χ1) is 8.31. The van der Waals surface area contributed by atoms with Crippen LogP contribution in [0.3, 0.4) is 0 Å². The van der Waals surface area contributed by atoms with Crippen LogP contribution < -0.4 is 10.6 Å². The van der Waals surface area contributed by atoms with Gasteiger partial charge in [-0.05, 0) is 6.42 Å². The van der Waals surface area contributed by atoms with E-state index in [9.17, 15) is 4.79 Å². The van der Waals surface area contributed by atoms with E-state index in [-0.39, 0.29) is 12.5 Å². The van der Waals surface area contributed by atoms with Gasteiger partial charge in [0.05, 0.1) is 12.9 Å². The van der Waals surface area contributed by atoms with Crippen LogP contribution >= 0.6 is 0 Å². The molecule has 7 nitrogen and oxygen atoms in total. The molecule has 0 saturated heterocycles. The molecule has 0 aliphatic rings. The van der Waals surface area contributed by atoms with E-state index in [1.165, 1.54) is 6.33 Å². The van der Waals surface area contributed by atoms with Gasteiger partial charge >= 0.3 is 0 Å². The summed E-state index contributed by atoms with van der Waals surface area (Å²) in [7, 11) is 0. The van der Waals surface area contributed by atoms with Crippen LogP contribution in [0.15, 0.2) is 12.7 Å². The molecule has 1 amide bonds. The Balaban J connectivity index is 1.99. The highest BCUT2D eigenvalue weighted by Crippen LogP contribution is 2.13. The fourth-order valence-electron chi connectivity index (χ4n) is 1.39. The van der Waals surface area contributed by atoms with E-state index in [0.29, 0.717) is 23.5 Å². The van der Waals surface area contributed by atoms with E-state index in [1.54, 1.807) is 6.33 Å². The maximum absolute atomic E-state index is 11.4. The monoisotopic (exact) mass is 234 g/mol. The van der Waals surface area contributed by atoms with Gasteiger partial charge in [0, 0.05) is 6.54 Å². The summed E-state index contributed by atoms with van der Waals surface area (Å²) in [5.74, 6) is 0.525. The number of nitrogens with one attached hydrogen (secondary N) is 3. The number of hydrogen-bond acceptors (Lipinski definition) is 5. The molecule has 2 rings (SSSR count). The molecule has 0 aliphatic heterocycles. The lowest BCUT2D eigenvalue weighted by molar-refractivity contribution is -0.119. The largest absolute Gasteiger partial charge is 0.359 e. The molecule has 2 aromatic heterocycles. The molecule has 0 aliphatic carbocycles. The van der Waals surface area contributed by atoms with Crippen LogP contribution in [0, 0.1) is 0 Å². The minimum atomic E-state index is -0.0573. The Hall–Kier alpha value is -2.18. The van der Waals surface area contributed by atoms with Crippen molar-refractivity contribution in [2.24, 2.45) is 0 Å². The Morgan fingerprint density at radius 3 is 3.12 bits per heavy atom. The Morgan fingerprint density at radius 1 is 1.41 bits per heavy atom. The predicted molar refractivity (Wildman–Crippen MR) is 63.5 cm³/mol. The highest BCUT2D eigenvalue weighted by Gasteiger charge is 2.06. The molecular weight excluding hydrogens is 220 g/mol. The molecule has 0 fully saturated rings. The summed E-state index contributed by atoms with van der Waals surface area (Å²) < 4.78 is 0. The highest BCUT2D eigenvalue weighted by atomic mass is 16.1. The lowest BCUT2D eigenvalue weighted by Crippen LogP contribution is -2.30. The van der Waals surface area contributed by atoms with E-state index in [4.69, 9.17) is 0 Å². The normalized spacial score (nSPS) is 10.4. The van der Waals surface area contributed by atoms with E-state index >= 15 is 0 Å². The van der Waals surface area contributed by atoms with Gasteiger partial charge in [0.1, 0.15) is 11.8 Å². The van der Waals surface area contributed by atoms with Crippen LogP contribution in [-0.4, -0.2) is 38.9 Å². The second-order valence-electron chi connectivity index (χ2n) is 3.53. The Bertz CT molecular complexity index is 508. The smallest absolute Gasteiger partial charge is 0.239 e. The molecule has 2 aromatic rings. The summed E-state index contributed by atoms with van der Waals surface area (Å²) in [6.45, 7) is 2.88. The third-order valence-corrected chi connectivity index (χ3v) is 2.21. The fourth-order valence-corrected chi connectivity index (χ4v) is 1.39. The van der Waals surface area contributed by atoms with Crippen LogP contribution in [0.25, 0.3) is 11.2 Å². The molecule has 0 bridgehead atoms. The first kappa shape index (κ1) is 11.3. The summed E-state index contributed by atoms with van der Waals surface area (Å²) in [5.41, 5.74) is 1.28. The minimum absolute atomic E-state index is 0.0573. The van der Waals surface area contributed by atoms with Crippen molar-refractivity contribution in [1.82, 2.24) is 25.3 Å². The number of nitrogens with zero attached hydrogens (tertiary/aromatic N) is 3. The average molecular weight is 234 g/mol. The SMILES string of the molecule is CCCNC(=O)CNc1ncnc2nc[nH]c12. The molecular formula is C10H14N6O. The molecule has 0 aromatic carbocycles. The van der Waals surface area contributed by atoms with Crippen molar-refractivity contribution in [1.29, 1.82) is 0 Å². The number of imidazole rings is 1. The molecule has 0 radical (unpaired) electrons. The zero-order valence-corrected chi connectivity index (χ0v) is 9.53. The lowest BCUT2D eigenvalue weighted by atomic mass is 10.4. The van der Waals surface area contributed by atoms with E-state index in [1.807, 2.05) is 6.92 Å². The van der Waals surface area contributed by atoms with E-state index in [2.05, 4.69) is 30.6 Å². The quantitative estimate of drug-likeness (QED) is 0.691. The number of carbonyl (C=O) groups excluding carboxylic acids is 1. The Morgan fingerprint density at radius 2 is 2.29 bits per heavy atom. The van der Waals surface area contributed by atoms with Crippen molar-refractivity contribution in [2.45, 2.75) is 13.3 Å². The fraction of sp³-hybridized carbons (Fsp3) is 0.400. The van der Waals surface area contributed by atoms with Crippen LogP contribution in [0.1, 0.15) is 13.3 Å². The average Bonchev–Trinajstić information content (AvgIpc) is 2.82.